The fourth-order valence-electron chi connectivity index (χ4n) is 0.374. The molecule has 0 fully saturated rings. The molecule has 1 aromatic rings. The Balaban J connectivity index is 3.02. The molecule has 0 aromatic carbocycles. The molecule has 0 N–H and O–H groups in total. The van der Waals surface area contributed by atoms with Gasteiger partial charge < -0.3 is 0 Å². The van der Waals surface area contributed by atoms with Crippen molar-refractivity contribution in [3.8, 4) is 0 Å². The third kappa shape index (κ3) is 1.55. The van der Waals surface area contributed by atoms with E-state index in [1.54, 1.807) is 12.4 Å². The summed E-state index contributed by atoms with van der Waals surface area (Å²) in [6, 6.07) is 1.82. The summed E-state index contributed by atoms with van der Waals surface area (Å²) in [5, 5.41) is 0. The number of hydrogen-bond acceptors (Lipinski definition) is 2. The van der Waals surface area contributed by atoms with Gasteiger partial charge in [0.2, 0.25) is 0 Å². The Kier molecular flexibility index (Phi) is 1.79. The van der Waals surface area contributed by atoms with Crippen LogP contribution in [0.5, 0.6) is 0 Å². The van der Waals surface area contributed by atoms with Crippen LogP contribution >= 0.6 is 0 Å². The first-order valence-electron chi connectivity index (χ1n) is 2.13. The van der Waals surface area contributed by atoms with Gasteiger partial charge in [0, 0.05) is 0 Å². The molecule has 1 rings (SSSR count). The van der Waals surface area contributed by atoms with E-state index in [1.165, 1.54) is 0 Å². The van der Waals surface area contributed by atoms with Gasteiger partial charge in [-0.25, -0.2) is 0 Å². The average Bonchev–Trinajstić information content (AvgIpc) is 1.69. The van der Waals surface area contributed by atoms with Gasteiger partial charge in [0.15, 0.2) is 0 Å². The molecule has 2 nitrogen and oxygen atoms in total. The van der Waals surface area contributed by atoms with E-state index in [-0.39, 0.29) is 0 Å². The molecule has 0 bridgehead atoms. The third-order valence-electron chi connectivity index (χ3n) is 0.695. The summed E-state index contributed by atoms with van der Waals surface area (Å²) in [6.45, 7) is 0. The molecule has 0 saturated carbocycles. The molecule has 0 aliphatic carbocycles. The molecule has 3 heteroatoms. The summed E-state index contributed by atoms with van der Waals surface area (Å²) in [6.07, 6.45) is 3.52. The van der Waals surface area contributed by atoms with Crippen molar-refractivity contribution in [3.05, 3.63) is 18.5 Å². The van der Waals surface area contributed by atoms with Crippen LogP contribution in [0.1, 0.15) is 0 Å². The Morgan fingerprint density at radius 3 is 2.14 bits per heavy atom. The van der Waals surface area contributed by atoms with Gasteiger partial charge in [0.25, 0.3) is 0 Å². The SMILES string of the molecule is [Na][c]1ncccn1. The topological polar surface area (TPSA) is 25.8 Å². The molecule has 0 amide bonds. The maximum atomic E-state index is 3.93. The van der Waals surface area contributed by atoms with E-state index < -0.39 is 0 Å². The summed E-state index contributed by atoms with van der Waals surface area (Å²) >= 11 is 0.952. The summed E-state index contributed by atoms with van der Waals surface area (Å²) in [4.78, 5) is 7.86. The molecule has 0 atom stereocenters. The zero-order chi connectivity index (χ0) is 5.11. The van der Waals surface area contributed by atoms with Crippen molar-refractivity contribution in [1.29, 1.82) is 0 Å². The fraction of sp³-hybridized carbons (Fsp3) is 0. The maximum absolute atomic E-state index is 3.93. The van der Waals surface area contributed by atoms with E-state index in [0.717, 1.165) is 31.0 Å². The Morgan fingerprint density at radius 1 is 1.29 bits per heavy atom. The van der Waals surface area contributed by atoms with Crippen LogP contribution in [-0.4, -0.2) is 37.9 Å². The van der Waals surface area contributed by atoms with E-state index >= 15 is 0 Å². The summed E-state index contributed by atoms with van der Waals surface area (Å²) < 4.78 is 0.961. The molecule has 0 unspecified atom stereocenters. The van der Waals surface area contributed by atoms with Crippen LogP contribution in [0.25, 0.3) is 0 Å². The molecule has 30 valence electrons. The summed E-state index contributed by atoms with van der Waals surface area (Å²) in [5.41, 5.74) is 0. The predicted molar refractivity (Wildman–Crippen MR) is 27.4 cm³/mol. The normalized spacial score (nSPS) is 8.86. The molecule has 0 radical (unpaired) electrons. The van der Waals surface area contributed by atoms with Gasteiger partial charge in [0.1, 0.15) is 0 Å². The molecule has 0 aliphatic heterocycles. The fourth-order valence-corrected chi connectivity index (χ4v) is 0.672. The second kappa shape index (κ2) is 2.40. The number of aromatic nitrogens is 2. The van der Waals surface area contributed by atoms with Gasteiger partial charge >= 0.3 is 59.4 Å². The van der Waals surface area contributed by atoms with Crippen molar-refractivity contribution >= 4 is 31.0 Å². The van der Waals surface area contributed by atoms with E-state index in [0.29, 0.717) is 0 Å². The van der Waals surface area contributed by atoms with Crippen LogP contribution in [0.2, 0.25) is 0 Å². The van der Waals surface area contributed by atoms with Crippen molar-refractivity contribution < 1.29 is 0 Å². The van der Waals surface area contributed by atoms with Gasteiger partial charge in [0.05, 0.1) is 0 Å². The zero-order valence-corrected chi connectivity index (χ0v) is 6.13. The zero-order valence-electron chi connectivity index (χ0n) is 4.13. The summed E-state index contributed by atoms with van der Waals surface area (Å²) in [7, 11) is 0. The first-order chi connectivity index (χ1) is 3.39. The van der Waals surface area contributed by atoms with Crippen molar-refractivity contribution in [1.82, 2.24) is 9.97 Å². The van der Waals surface area contributed by atoms with Crippen molar-refractivity contribution in [2.24, 2.45) is 0 Å². The van der Waals surface area contributed by atoms with Gasteiger partial charge in [-0.05, 0) is 0 Å². The van der Waals surface area contributed by atoms with E-state index in [9.17, 15) is 0 Å². The molecule has 7 heavy (non-hydrogen) atoms. The Labute approximate surface area is 59.4 Å². The standard InChI is InChI=1S/C4H3N2.Na/c1-2-5-4-6-3-1;/h1-3H;. The second-order valence-electron chi connectivity index (χ2n) is 1.30. The molecule has 0 saturated heterocycles. The van der Waals surface area contributed by atoms with Crippen LogP contribution in [-0.2, 0) is 0 Å². The van der Waals surface area contributed by atoms with Gasteiger partial charge in [-0.3, -0.25) is 0 Å². The van der Waals surface area contributed by atoms with Gasteiger partial charge in [-0.2, -0.15) is 0 Å². The van der Waals surface area contributed by atoms with Crippen LogP contribution in [0.3, 0.4) is 0 Å². The first-order valence-corrected chi connectivity index (χ1v) is 3.13. The molecule has 0 aliphatic rings. The third-order valence-corrected chi connectivity index (χ3v) is 1.21. The number of nitrogens with zero attached hydrogens (tertiary/aromatic N) is 2. The van der Waals surface area contributed by atoms with E-state index in [2.05, 4.69) is 9.97 Å². The summed E-state index contributed by atoms with van der Waals surface area (Å²) in [5.74, 6) is 0. The van der Waals surface area contributed by atoms with E-state index in [1.807, 2.05) is 6.07 Å². The van der Waals surface area contributed by atoms with E-state index in [4.69, 9.17) is 0 Å². The van der Waals surface area contributed by atoms with Crippen molar-refractivity contribution in [2.75, 3.05) is 0 Å². The molecular weight excluding hydrogens is 99.0 g/mol. The molecule has 1 aromatic heterocycles. The Bertz CT molecular complexity index is 140. The molecule has 1 heterocycles. The van der Waals surface area contributed by atoms with Crippen LogP contribution in [0, 0.1) is 0 Å². The molecule has 0 spiro atoms. The monoisotopic (exact) mass is 102 g/mol. The first kappa shape index (κ1) is 5.22. The number of hydrogen-bond donors (Lipinski definition) is 0. The number of rotatable bonds is 0. The minimum absolute atomic E-state index is 0.952. The van der Waals surface area contributed by atoms with Crippen LogP contribution < -0.4 is 3.07 Å². The predicted octanol–water partition coefficient (Wildman–Crippen LogP) is -0.730. The second-order valence-corrected chi connectivity index (χ2v) is 2.19. The van der Waals surface area contributed by atoms with Crippen LogP contribution in [0.15, 0.2) is 18.5 Å². The van der Waals surface area contributed by atoms with Gasteiger partial charge in [-0.1, -0.05) is 0 Å². The van der Waals surface area contributed by atoms with Crippen molar-refractivity contribution in [2.45, 2.75) is 0 Å². The quantitative estimate of drug-likeness (QED) is 0.403. The van der Waals surface area contributed by atoms with Crippen molar-refractivity contribution in [3.63, 3.8) is 0 Å². The minimum atomic E-state index is 0.952. The Hall–Kier alpha value is 0.0800. The average molecular weight is 102 g/mol. The Morgan fingerprint density at radius 2 is 1.86 bits per heavy atom. The van der Waals surface area contributed by atoms with Crippen LogP contribution in [0.4, 0.5) is 0 Å². The molecular formula is C4H3N2Na. The van der Waals surface area contributed by atoms with Gasteiger partial charge in [-0.15, -0.1) is 0 Å².